The number of hydrogen-bond acceptors (Lipinski definition) is 0. The number of aryl methyl sites for hydroxylation is 3. The number of hydrogen-bond donors (Lipinski definition) is 0. The first-order valence-electron chi connectivity index (χ1n) is 17.8. The molecule has 0 bridgehead atoms. The predicted molar refractivity (Wildman–Crippen MR) is 234 cm³/mol. The first-order chi connectivity index (χ1) is 25.9. The fourth-order valence-electron chi connectivity index (χ4n) is 7.13. The van der Waals surface area contributed by atoms with Crippen molar-refractivity contribution in [3.8, 4) is 33.4 Å². The summed E-state index contributed by atoms with van der Waals surface area (Å²) in [7, 11) is 11.0. The molecule has 0 heterocycles. The molecule has 0 spiro atoms. The molecule has 0 aliphatic carbocycles. The van der Waals surface area contributed by atoms with Gasteiger partial charge in [-0.25, -0.2) is 0 Å². The van der Waals surface area contributed by atoms with Crippen molar-refractivity contribution in [1.82, 2.24) is 0 Å². The molecular weight excluding hydrogens is 779 g/mol. The van der Waals surface area contributed by atoms with Gasteiger partial charge in [-0.15, -0.1) is 68.6 Å². The molecule has 260 valence electrons. The van der Waals surface area contributed by atoms with Crippen LogP contribution in [0.25, 0.3) is 76.5 Å². The van der Waals surface area contributed by atoms with Crippen LogP contribution in [0.4, 0.5) is 0 Å². The summed E-state index contributed by atoms with van der Waals surface area (Å²) in [6.07, 6.45) is 0. The predicted octanol–water partition coefficient (Wildman–Crippen LogP) is 15.5. The molecular formula is C49H42Cl2SiZr. The molecule has 0 saturated carbocycles. The Morgan fingerprint density at radius 1 is 0.491 bits per heavy atom. The van der Waals surface area contributed by atoms with Crippen molar-refractivity contribution in [3.05, 3.63) is 180 Å². The van der Waals surface area contributed by atoms with Gasteiger partial charge in [-0.05, 0) is 39.6 Å². The van der Waals surface area contributed by atoms with Crippen LogP contribution in [0, 0.1) is 20.8 Å². The maximum absolute atomic E-state index is 4.93. The molecule has 0 saturated heterocycles. The zero-order valence-corrected chi connectivity index (χ0v) is 35.8. The Bertz CT molecular complexity index is 2580. The van der Waals surface area contributed by atoms with E-state index in [9.17, 15) is 0 Å². The van der Waals surface area contributed by atoms with Crippen LogP contribution in [-0.2, 0) is 20.8 Å². The molecule has 0 atom stereocenters. The van der Waals surface area contributed by atoms with Crippen molar-refractivity contribution in [2.45, 2.75) is 33.9 Å². The number of benzene rings is 7. The van der Waals surface area contributed by atoms with Gasteiger partial charge in [0.2, 0.25) is 0 Å². The van der Waals surface area contributed by atoms with Crippen LogP contribution in [-0.4, -0.2) is 9.52 Å². The molecule has 0 aliphatic rings. The van der Waals surface area contributed by atoms with Gasteiger partial charge in [-0.3, -0.25) is 0 Å². The van der Waals surface area contributed by atoms with Gasteiger partial charge in [0, 0.05) is 9.52 Å². The van der Waals surface area contributed by atoms with Gasteiger partial charge in [0.15, 0.2) is 0 Å². The zero-order valence-electron chi connectivity index (χ0n) is 30.8. The third-order valence-corrected chi connectivity index (χ3v) is 9.54. The van der Waals surface area contributed by atoms with Crippen molar-refractivity contribution < 1.29 is 20.8 Å². The second-order valence-corrected chi connectivity index (χ2v) is 18.1. The Kier molecular flexibility index (Phi) is 13.4. The molecule has 0 N–H and O–H groups in total. The molecule has 53 heavy (non-hydrogen) atoms. The van der Waals surface area contributed by atoms with Crippen LogP contribution in [0.3, 0.4) is 0 Å². The second kappa shape index (κ2) is 18.3. The summed E-state index contributed by atoms with van der Waals surface area (Å²) in [4.78, 5) is 0. The number of rotatable bonds is 3. The van der Waals surface area contributed by atoms with Crippen LogP contribution >= 0.6 is 17.0 Å². The zero-order chi connectivity index (χ0) is 37.3. The average Bonchev–Trinajstić information content (AvgIpc) is 3.80. The van der Waals surface area contributed by atoms with E-state index in [1.807, 2.05) is 0 Å². The van der Waals surface area contributed by atoms with Gasteiger partial charge in [-0.1, -0.05) is 177 Å². The third kappa shape index (κ3) is 8.86. The van der Waals surface area contributed by atoms with Crippen molar-refractivity contribution in [1.29, 1.82) is 0 Å². The fourth-order valence-corrected chi connectivity index (χ4v) is 7.13. The summed E-state index contributed by atoms with van der Waals surface area (Å²) < 4.78 is 0. The molecule has 9 aromatic rings. The summed E-state index contributed by atoms with van der Waals surface area (Å²) in [5.74, 6) is 0. The normalized spacial score (nSPS) is 10.5. The van der Waals surface area contributed by atoms with Gasteiger partial charge in [0.25, 0.3) is 0 Å². The second-order valence-electron chi connectivity index (χ2n) is 13.3. The quantitative estimate of drug-likeness (QED) is 0.123. The molecule has 0 amide bonds. The van der Waals surface area contributed by atoms with Gasteiger partial charge >= 0.3 is 37.9 Å². The van der Waals surface area contributed by atoms with Gasteiger partial charge in [0.05, 0.1) is 0 Å². The number of fused-ring (bicyclic) bond motifs is 4. The SMILES string of the molecule is C[Si]C.Cc1cc2c(-c3cccc4ccccc34)ccc(C)c2[cH-]1.Cc1ccc(-c2cc3c(-c4cccc5ccccc45)cccc3[cH-]2)cc1.[Cl][Zr+2][Cl]. The van der Waals surface area contributed by atoms with E-state index < -0.39 is 20.8 Å². The standard InChI is InChI=1S/C26H19.C21H17.C2H6Si.2ClH.Zr/c1-18-12-14-19(15-13-18)22-16-21-8-5-11-25(26(21)17-22)24-10-4-7-20-6-2-3-9-23(20)24;1-14-12-20-15(2)10-11-19(21(20)13-14)18-9-5-7-16-6-3-4-8-17(16)18;1-3-2;;;/h2-17H,1H3;3-13H,1-2H3;1-2H3;2*1H;/q2*-1;;;;+4/p-2. The van der Waals surface area contributed by atoms with E-state index in [1.54, 1.807) is 0 Å². The first kappa shape index (κ1) is 38.7. The monoisotopic (exact) mass is 818 g/mol. The van der Waals surface area contributed by atoms with Crippen molar-refractivity contribution in [3.63, 3.8) is 0 Å². The minimum absolute atomic E-state index is 0.826. The van der Waals surface area contributed by atoms with Crippen molar-refractivity contribution in [2.75, 3.05) is 0 Å². The summed E-state index contributed by atoms with van der Waals surface area (Å²) >= 11 is -0.826. The van der Waals surface area contributed by atoms with Crippen LogP contribution in [0.1, 0.15) is 16.7 Å². The maximum atomic E-state index is 4.93. The molecule has 0 aromatic heterocycles. The van der Waals surface area contributed by atoms with Crippen molar-refractivity contribution in [2.24, 2.45) is 0 Å². The van der Waals surface area contributed by atoms with E-state index in [1.165, 1.54) is 93.2 Å². The Morgan fingerprint density at radius 3 is 1.57 bits per heavy atom. The van der Waals surface area contributed by atoms with Gasteiger partial charge < -0.3 is 0 Å². The topological polar surface area (TPSA) is 0 Å². The van der Waals surface area contributed by atoms with Gasteiger partial charge in [0.1, 0.15) is 0 Å². The Morgan fingerprint density at radius 2 is 0.981 bits per heavy atom. The van der Waals surface area contributed by atoms with Crippen molar-refractivity contribution >= 4 is 69.6 Å². The molecule has 0 unspecified atom stereocenters. The summed E-state index contributed by atoms with van der Waals surface area (Å²) in [5.41, 5.74) is 11.8. The Balaban J connectivity index is 0.000000161. The van der Waals surface area contributed by atoms with E-state index in [0.717, 1.165) is 9.52 Å². The van der Waals surface area contributed by atoms with Crippen LogP contribution in [0.15, 0.2) is 164 Å². The molecule has 0 nitrogen and oxygen atoms in total. The Hall–Kier alpha value is -4.04. The van der Waals surface area contributed by atoms with E-state index in [-0.39, 0.29) is 0 Å². The molecule has 9 rings (SSSR count). The molecule has 4 heteroatoms. The van der Waals surface area contributed by atoms with E-state index in [0.29, 0.717) is 0 Å². The molecule has 9 aromatic carbocycles. The van der Waals surface area contributed by atoms with E-state index in [4.69, 9.17) is 17.0 Å². The average molecular weight is 821 g/mol. The summed E-state index contributed by atoms with van der Waals surface area (Å²) in [6, 6.07) is 59.5. The van der Waals surface area contributed by atoms with E-state index >= 15 is 0 Å². The minimum atomic E-state index is -0.826. The van der Waals surface area contributed by atoms with Crippen LogP contribution in [0.5, 0.6) is 0 Å². The van der Waals surface area contributed by atoms with Crippen LogP contribution < -0.4 is 0 Å². The summed E-state index contributed by atoms with van der Waals surface area (Å²) in [6.45, 7) is 10.8. The first-order valence-corrected chi connectivity index (χ1v) is 26.1. The Labute approximate surface area is 335 Å². The number of halogens is 2. The third-order valence-electron chi connectivity index (χ3n) is 9.54. The fraction of sp³-hybridized carbons (Fsp3) is 0.102. The van der Waals surface area contributed by atoms with E-state index in [2.05, 4.69) is 198 Å². The molecule has 0 fully saturated rings. The molecule has 2 radical (unpaired) electrons. The van der Waals surface area contributed by atoms with Crippen LogP contribution in [0.2, 0.25) is 13.1 Å². The van der Waals surface area contributed by atoms with Gasteiger partial charge in [-0.2, -0.15) is 6.07 Å². The summed E-state index contributed by atoms with van der Waals surface area (Å²) in [5, 5.41) is 10.6. The molecule has 0 aliphatic heterocycles.